The van der Waals surface area contributed by atoms with Crippen LogP contribution in [0.25, 0.3) is 0 Å². The van der Waals surface area contributed by atoms with Crippen molar-refractivity contribution in [3.63, 3.8) is 0 Å². The molecule has 1 unspecified atom stereocenters. The van der Waals surface area contributed by atoms with E-state index >= 15 is 0 Å². The molecule has 0 spiro atoms. The number of hydrogen-bond donors (Lipinski definition) is 1. The van der Waals surface area contributed by atoms with E-state index in [1.807, 2.05) is 0 Å². The van der Waals surface area contributed by atoms with Gasteiger partial charge in [-0.1, -0.05) is 6.42 Å². The highest BCUT2D eigenvalue weighted by Gasteiger charge is 2.19. The number of ether oxygens (including phenoxy) is 2. The van der Waals surface area contributed by atoms with Crippen molar-refractivity contribution in [2.75, 3.05) is 39.7 Å². The summed E-state index contributed by atoms with van der Waals surface area (Å²) < 4.78 is 10.0. The van der Waals surface area contributed by atoms with Gasteiger partial charge in [0.1, 0.15) is 0 Å². The quantitative estimate of drug-likeness (QED) is 0.845. The number of anilines is 1. The summed E-state index contributed by atoms with van der Waals surface area (Å²) >= 11 is 0. The molecule has 19 heavy (non-hydrogen) atoms. The zero-order valence-electron chi connectivity index (χ0n) is 11.7. The summed E-state index contributed by atoms with van der Waals surface area (Å²) in [5.74, 6) is 0.489. The molecule has 0 saturated carbocycles. The van der Waals surface area contributed by atoms with E-state index in [1.165, 1.54) is 33.5 Å². The molecule has 7 heteroatoms. The van der Waals surface area contributed by atoms with Crippen molar-refractivity contribution in [2.24, 2.45) is 0 Å². The van der Waals surface area contributed by atoms with Crippen molar-refractivity contribution in [1.29, 1.82) is 0 Å². The predicted octanol–water partition coefficient (Wildman–Crippen LogP) is 0.785. The maximum Gasteiger partial charge on any atom is 0.324 e. The van der Waals surface area contributed by atoms with Gasteiger partial charge in [-0.25, -0.2) is 0 Å². The molecule has 2 rings (SSSR count). The first-order valence-corrected chi connectivity index (χ1v) is 6.51. The minimum absolute atomic E-state index is 0.256. The third kappa shape index (κ3) is 3.66. The molecule has 1 aromatic heterocycles. The molecule has 1 fully saturated rings. The van der Waals surface area contributed by atoms with Crippen LogP contribution in [0.5, 0.6) is 12.0 Å². The van der Waals surface area contributed by atoms with E-state index in [-0.39, 0.29) is 12.0 Å². The van der Waals surface area contributed by atoms with Crippen LogP contribution in [0, 0.1) is 0 Å². The van der Waals surface area contributed by atoms with Crippen molar-refractivity contribution in [1.82, 2.24) is 19.9 Å². The van der Waals surface area contributed by atoms with Crippen LogP contribution in [0.2, 0.25) is 0 Å². The van der Waals surface area contributed by atoms with Crippen LogP contribution in [0.4, 0.5) is 5.95 Å². The van der Waals surface area contributed by atoms with Gasteiger partial charge in [-0.15, -0.1) is 4.98 Å². The zero-order valence-corrected chi connectivity index (χ0v) is 11.7. The lowest BCUT2D eigenvalue weighted by molar-refractivity contribution is 0.194. The minimum atomic E-state index is 0.256. The number of likely N-dealkylation sites (tertiary alicyclic amines) is 1. The number of hydrogen-bond acceptors (Lipinski definition) is 7. The number of rotatable bonds is 5. The molecule has 0 aliphatic carbocycles. The maximum absolute atomic E-state index is 5.02. The summed E-state index contributed by atoms with van der Waals surface area (Å²) in [5, 5.41) is 3.23. The van der Waals surface area contributed by atoms with Gasteiger partial charge in [0.25, 0.3) is 0 Å². The molecule has 7 nitrogen and oxygen atoms in total. The SMILES string of the molecule is COc1nc(NCC2CCCCN2C)nc(OC)n1. The lowest BCUT2D eigenvalue weighted by Gasteiger charge is -2.32. The van der Waals surface area contributed by atoms with Gasteiger partial charge in [0.05, 0.1) is 14.2 Å². The summed E-state index contributed by atoms with van der Waals surface area (Å²) in [5.41, 5.74) is 0. The van der Waals surface area contributed by atoms with Crippen LogP contribution in [-0.2, 0) is 0 Å². The monoisotopic (exact) mass is 267 g/mol. The first-order valence-electron chi connectivity index (χ1n) is 6.51. The second-order valence-corrected chi connectivity index (χ2v) is 4.64. The highest BCUT2D eigenvalue weighted by atomic mass is 16.5. The molecule has 1 atom stereocenters. The lowest BCUT2D eigenvalue weighted by Crippen LogP contribution is -2.41. The zero-order chi connectivity index (χ0) is 13.7. The molecule has 0 radical (unpaired) electrons. The molecule has 1 N–H and O–H groups in total. The van der Waals surface area contributed by atoms with Crippen LogP contribution in [0.1, 0.15) is 19.3 Å². The molecular formula is C12H21N5O2. The van der Waals surface area contributed by atoms with Crippen molar-refractivity contribution in [3.8, 4) is 12.0 Å². The molecule has 0 amide bonds. The first-order chi connectivity index (χ1) is 9.22. The first kappa shape index (κ1) is 13.8. The lowest BCUT2D eigenvalue weighted by atomic mass is 10.0. The van der Waals surface area contributed by atoms with Gasteiger partial charge in [-0.05, 0) is 26.4 Å². The van der Waals surface area contributed by atoms with Crippen molar-refractivity contribution >= 4 is 5.95 Å². The largest absolute Gasteiger partial charge is 0.467 e. The second-order valence-electron chi connectivity index (χ2n) is 4.64. The van der Waals surface area contributed by atoms with E-state index in [0.717, 1.165) is 13.1 Å². The topological polar surface area (TPSA) is 72.4 Å². The van der Waals surface area contributed by atoms with E-state index in [2.05, 4.69) is 32.2 Å². The Morgan fingerprint density at radius 1 is 1.16 bits per heavy atom. The molecule has 1 aliphatic rings. The number of aromatic nitrogens is 3. The highest BCUT2D eigenvalue weighted by Crippen LogP contribution is 2.16. The smallest absolute Gasteiger partial charge is 0.324 e. The Hall–Kier alpha value is -1.63. The van der Waals surface area contributed by atoms with E-state index in [0.29, 0.717) is 12.0 Å². The fourth-order valence-electron chi connectivity index (χ4n) is 2.21. The van der Waals surface area contributed by atoms with Gasteiger partial charge in [-0.2, -0.15) is 9.97 Å². The van der Waals surface area contributed by atoms with Gasteiger partial charge in [-0.3, -0.25) is 0 Å². The summed E-state index contributed by atoms with van der Waals surface area (Å²) in [7, 11) is 5.20. The number of piperidine rings is 1. The Kier molecular flexibility index (Phi) is 4.73. The van der Waals surface area contributed by atoms with Gasteiger partial charge in [0.15, 0.2) is 0 Å². The molecule has 1 aromatic rings. The molecular weight excluding hydrogens is 246 g/mol. The highest BCUT2D eigenvalue weighted by molar-refractivity contribution is 5.27. The van der Waals surface area contributed by atoms with Crippen molar-refractivity contribution in [3.05, 3.63) is 0 Å². The van der Waals surface area contributed by atoms with Gasteiger partial charge >= 0.3 is 12.0 Å². The Labute approximate surface area is 113 Å². The van der Waals surface area contributed by atoms with E-state index in [9.17, 15) is 0 Å². The van der Waals surface area contributed by atoms with Gasteiger partial charge < -0.3 is 19.7 Å². The maximum atomic E-state index is 5.02. The standard InChI is InChI=1S/C12H21N5O2/c1-17-7-5-4-6-9(17)8-13-10-14-11(18-2)16-12(15-10)19-3/h9H,4-8H2,1-3H3,(H,13,14,15,16). The molecule has 0 aromatic carbocycles. The average molecular weight is 267 g/mol. The third-order valence-electron chi connectivity index (χ3n) is 3.38. The molecule has 2 heterocycles. The van der Waals surface area contributed by atoms with Crippen LogP contribution in [0.15, 0.2) is 0 Å². The summed E-state index contributed by atoms with van der Waals surface area (Å²) in [6.07, 6.45) is 3.75. The Morgan fingerprint density at radius 2 is 1.84 bits per heavy atom. The van der Waals surface area contributed by atoms with Crippen molar-refractivity contribution in [2.45, 2.75) is 25.3 Å². The summed E-state index contributed by atoms with van der Waals surface area (Å²) in [4.78, 5) is 14.6. The number of nitrogens with zero attached hydrogens (tertiary/aromatic N) is 4. The third-order valence-corrected chi connectivity index (χ3v) is 3.38. The van der Waals surface area contributed by atoms with Gasteiger partial charge in [0.2, 0.25) is 5.95 Å². The second kappa shape index (κ2) is 6.51. The van der Waals surface area contributed by atoms with Crippen molar-refractivity contribution < 1.29 is 9.47 Å². The minimum Gasteiger partial charge on any atom is -0.467 e. The fourth-order valence-corrected chi connectivity index (χ4v) is 2.21. The van der Waals surface area contributed by atoms with Crippen LogP contribution in [-0.4, -0.2) is 60.3 Å². The number of nitrogens with one attached hydrogen (secondary N) is 1. The Morgan fingerprint density at radius 3 is 2.42 bits per heavy atom. The Balaban J connectivity index is 1.98. The van der Waals surface area contributed by atoms with Gasteiger partial charge in [0, 0.05) is 12.6 Å². The average Bonchev–Trinajstić information content (AvgIpc) is 2.46. The molecule has 106 valence electrons. The van der Waals surface area contributed by atoms with E-state index in [4.69, 9.17) is 9.47 Å². The Bertz CT molecular complexity index is 393. The molecule has 1 aliphatic heterocycles. The fraction of sp³-hybridized carbons (Fsp3) is 0.750. The van der Waals surface area contributed by atoms with Crippen LogP contribution in [0.3, 0.4) is 0 Å². The molecule has 0 bridgehead atoms. The summed E-state index contributed by atoms with van der Waals surface area (Å²) in [6.45, 7) is 1.96. The van der Waals surface area contributed by atoms with Crippen LogP contribution >= 0.6 is 0 Å². The number of likely N-dealkylation sites (N-methyl/N-ethyl adjacent to an activating group) is 1. The summed E-state index contributed by atoms with van der Waals surface area (Å²) in [6, 6.07) is 1.03. The predicted molar refractivity (Wildman–Crippen MR) is 71.7 cm³/mol. The van der Waals surface area contributed by atoms with E-state index in [1.54, 1.807) is 0 Å². The van der Waals surface area contributed by atoms with Crippen LogP contribution < -0.4 is 14.8 Å². The molecule has 1 saturated heterocycles. The normalized spacial score (nSPS) is 20.1. The number of methoxy groups -OCH3 is 2. The van der Waals surface area contributed by atoms with E-state index < -0.39 is 0 Å².